The molecule has 0 saturated heterocycles. The number of carbonyl (C=O) groups excluding carboxylic acids is 4. The zero-order chi connectivity index (χ0) is 49.6. The van der Waals surface area contributed by atoms with Crippen molar-refractivity contribution in [1.29, 1.82) is 0 Å². The number of azide groups is 1. The number of carbonyl (C=O) groups is 6. The minimum Gasteiger partial charge on any atom is -0.480 e. The van der Waals surface area contributed by atoms with Crippen LogP contribution in [0.1, 0.15) is 58.5 Å². The van der Waals surface area contributed by atoms with Crippen molar-refractivity contribution in [3.63, 3.8) is 0 Å². The number of hydrogen-bond donors (Lipinski definition) is 3. The quantitative estimate of drug-likeness (QED) is 0.0130. The van der Waals surface area contributed by atoms with E-state index in [9.17, 15) is 39.0 Å². The van der Waals surface area contributed by atoms with Crippen LogP contribution in [0.3, 0.4) is 0 Å². The maximum absolute atomic E-state index is 12.3. The maximum Gasteiger partial charge on any atom is 0.338 e. The zero-order valence-corrected chi connectivity index (χ0v) is 37.5. The number of para-hydroxylation sites is 4. The molecule has 2 heterocycles. The Bertz CT molecular complexity index is 3140. The summed E-state index contributed by atoms with van der Waals surface area (Å²) in [6, 6.07) is 40.5. The molecule has 2 aromatic heterocycles. The van der Waals surface area contributed by atoms with E-state index in [-0.39, 0.29) is 57.7 Å². The molecule has 356 valence electrons. The van der Waals surface area contributed by atoms with Crippen molar-refractivity contribution in [3.8, 4) is 0 Å². The van der Waals surface area contributed by atoms with Gasteiger partial charge in [0.25, 0.3) is 0 Å². The Morgan fingerprint density at radius 3 is 1.17 bits per heavy atom. The fourth-order valence-electron chi connectivity index (χ4n) is 8.04. The second-order valence-electron chi connectivity index (χ2n) is 15.7. The van der Waals surface area contributed by atoms with E-state index in [2.05, 4.69) is 10.0 Å². The highest BCUT2D eigenvalue weighted by Gasteiger charge is 2.27. The Labute approximate surface area is 398 Å². The first-order valence-corrected chi connectivity index (χ1v) is 22.0. The first-order chi connectivity index (χ1) is 33.9. The first kappa shape index (κ1) is 48.8. The molecule has 4 N–H and O–H groups in total. The molecule has 0 bridgehead atoms. The number of carboxylic acid groups (broad SMARTS) is 2. The second-order valence-corrected chi connectivity index (χ2v) is 15.7. The van der Waals surface area contributed by atoms with Crippen molar-refractivity contribution in [2.75, 3.05) is 32.2 Å². The Morgan fingerprint density at radius 1 is 0.500 bits per heavy atom. The third kappa shape index (κ3) is 11.7. The number of nitrogen functional groups attached to an aromatic ring is 1. The number of carboxylic acids is 2. The second kappa shape index (κ2) is 23.0. The SMILES string of the molecule is Nc1ccc(C(=O)OCCOC(=O)CC[C@@H](C(=O)O)n2c3ccccc3c3ccccc32)cc1.[N-]=[N+]=Nc1ccc(C(=O)OCCOC(=O)CC[C@@H](C(=O)O)n2c3ccccc3c3ccccc32)cc1. The molecule has 0 amide bonds. The summed E-state index contributed by atoms with van der Waals surface area (Å²) in [5.41, 5.74) is 18.6. The average molecular weight is 947 g/mol. The van der Waals surface area contributed by atoms with Crippen LogP contribution in [0.15, 0.2) is 151 Å². The zero-order valence-electron chi connectivity index (χ0n) is 37.5. The summed E-state index contributed by atoms with van der Waals surface area (Å²) in [6.45, 7) is -0.538. The molecule has 0 aliphatic heterocycles. The number of anilines is 1. The third-order valence-corrected chi connectivity index (χ3v) is 11.2. The van der Waals surface area contributed by atoms with Crippen LogP contribution in [0.25, 0.3) is 54.1 Å². The number of nitrogens with two attached hydrogens (primary N) is 1. The van der Waals surface area contributed by atoms with Crippen LogP contribution in [0.5, 0.6) is 0 Å². The van der Waals surface area contributed by atoms with Crippen LogP contribution in [-0.2, 0) is 38.1 Å². The number of aliphatic carboxylic acids is 2. The van der Waals surface area contributed by atoms with Crippen LogP contribution in [0.2, 0.25) is 0 Å². The summed E-state index contributed by atoms with van der Waals surface area (Å²) in [5, 5.41) is 27.1. The number of esters is 4. The van der Waals surface area contributed by atoms with E-state index in [1.807, 2.05) is 97.1 Å². The lowest BCUT2D eigenvalue weighted by molar-refractivity contribution is -0.147. The van der Waals surface area contributed by atoms with Crippen LogP contribution < -0.4 is 5.73 Å². The van der Waals surface area contributed by atoms with Crippen molar-refractivity contribution in [3.05, 3.63) is 167 Å². The fourth-order valence-corrected chi connectivity index (χ4v) is 8.04. The first-order valence-electron chi connectivity index (χ1n) is 22.0. The van der Waals surface area contributed by atoms with Crippen molar-refractivity contribution in [2.24, 2.45) is 5.11 Å². The van der Waals surface area contributed by atoms with Crippen LogP contribution in [-0.4, -0.2) is 81.6 Å². The normalized spacial score (nSPS) is 11.7. The minimum absolute atomic E-state index is 0.0359. The highest BCUT2D eigenvalue weighted by Crippen LogP contribution is 2.35. The molecule has 0 spiro atoms. The molecule has 0 aliphatic rings. The topological polar surface area (TPSA) is 264 Å². The van der Waals surface area contributed by atoms with Gasteiger partial charge < -0.3 is 44.0 Å². The largest absolute Gasteiger partial charge is 0.480 e. The Hall–Kier alpha value is -9.15. The molecular weight excluding hydrogens is 901 g/mol. The Morgan fingerprint density at radius 2 is 0.829 bits per heavy atom. The number of aromatic nitrogens is 2. The lowest BCUT2D eigenvalue weighted by Crippen LogP contribution is -2.21. The summed E-state index contributed by atoms with van der Waals surface area (Å²) < 4.78 is 23.9. The molecule has 8 rings (SSSR count). The van der Waals surface area contributed by atoms with Crippen LogP contribution in [0, 0.1) is 0 Å². The smallest absolute Gasteiger partial charge is 0.338 e. The van der Waals surface area contributed by atoms with Crippen molar-refractivity contribution >= 4 is 90.8 Å². The fraction of sp³-hybridized carbons (Fsp3) is 0.192. The number of nitrogens with zero attached hydrogens (tertiary/aromatic N) is 5. The van der Waals surface area contributed by atoms with E-state index >= 15 is 0 Å². The minimum atomic E-state index is -1.05. The van der Waals surface area contributed by atoms with Gasteiger partial charge in [-0.25, -0.2) is 19.2 Å². The third-order valence-electron chi connectivity index (χ3n) is 11.2. The van der Waals surface area contributed by atoms with Gasteiger partial charge in [-0.05, 0) is 79.0 Å². The Kier molecular flexibility index (Phi) is 16.1. The number of ether oxygens (including phenoxy) is 4. The van der Waals surface area contributed by atoms with Crippen molar-refractivity contribution in [1.82, 2.24) is 9.13 Å². The summed E-state index contributed by atoms with van der Waals surface area (Å²) >= 11 is 0. The molecule has 18 nitrogen and oxygen atoms in total. The van der Waals surface area contributed by atoms with Gasteiger partial charge in [0.05, 0.1) is 11.1 Å². The lowest BCUT2D eigenvalue weighted by atomic mass is 10.1. The molecule has 70 heavy (non-hydrogen) atoms. The van der Waals surface area contributed by atoms with Gasteiger partial charge in [0, 0.05) is 72.7 Å². The van der Waals surface area contributed by atoms with Crippen LogP contribution in [0.4, 0.5) is 11.4 Å². The summed E-state index contributed by atoms with van der Waals surface area (Å²) in [6.07, 6.45) is -0.119. The number of rotatable bonds is 19. The lowest BCUT2D eigenvalue weighted by Gasteiger charge is -2.17. The maximum atomic E-state index is 12.3. The van der Waals surface area contributed by atoms with E-state index in [4.69, 9.17) is 30.2 Å². The van der Waals surface area contributed by atoms with E-state index in [1.165, 1.54) is 24.3 Å². The molecule has 6 aromatic carbocycles. The van der Waals surface area contributed by atoms with Crippen molar-refractivity contribution in [2.45, 2.75) is 37.8 Å². The molecule has 8 aromatic rings. The summed E-state index contributed by atoms with van der Waals surface area (Å²) in [7, 11) is 0. The van der Waals surface area contributed by atoms with Crippen LogP contribution >= 0.6 is 0 Å². The van der Waals surface area contributed by atoms with Gasteiger partial charge in [0.1, 0.15) is 38.5 Å². The van der Waals surface area contributed by atoms with E-state index in [0.29, 0.717) is 16.9 Å². The van der Waals surface area contributed by atoms with Crippen molar-refractivity contribution < 1.29 is 57.9 Å². The van der Waals surface area contributed by atoms with E-state index < -0.39 is 47.9 Å². The molecule has 18 heteroatoms. The Balaban J connectivity index is 0.000000207. The molecule has 0 saturated carbocycles. The van der Waals surface area contributed by atoms with E-state index in [1.54, 1.807) is 33.4 Å². The highest BCUT2D eigenvalue weighted by atomic mass is 16.6. The number of fused-ring (bicyclic) bond motifs is 6. The molecular formula is C52H46N6O12. The van der Waals surface area contributed by atoms with Gasteiger partial charge in [0.2, 0.25) is 0 Å². The monoisotopic (exact) mass is 946 g/mol. The van der Waals surface area contributed by atoms with Gasteiger partial charge in [0.15, 0.2) is 0 Å². The standard InChI is InChI=1S/C26H22N4O6.C26H24N2O6/c27-29-28-18-11-9-17(10-12-18)26(34)36-16-15-35-24(31)14-13-23(25(32)33)30-21-7-3-1-5-19(21)20-6-2-4-8-22(20)30;27-18-11-9-17(10-12-18)26(32)34-16-15-33-24(29)14-13-23(25(30)31)28-21-7-3-1-5-19(21)20-6-2-4-8-22(20)28/h1-12,23H,13-16H2,(H,32,33);1-12,23H,13-16,27H2,(H,30,31)/t2*23-/m00/s1. The molecule has 0 unspecified atom stereocenters. The van der Waals surface area contributed by atoms with Gasteiger partial charge in [-0.3, -0.25) is 9.59 Å². The molecule has 0 fully saturated rings. The van der Waals surface area contributed by atoms with E-state index in [0.717, 1.165) is 43.6 Å². The van der Waals surface area contributed by atoms with Gasteiger partial charge in [-0.1, -0.05) is 90.0 Å². The summed E-state index contributed by atoms with van der Waals surface area (Å²) in [5.74, 6) is -4.39. The molecule has 0 aliphatic carbocycles. The average Bonchev–Trinajstić information content (AvgIpc) is 3.88. The molecule has 0 radical (unpaired) electrons. The predicted molar refractivity (Wildman–Crippen MR) is 259 cm³/mol. The van der Waals surface area contributed by atoms with Gasteiger partial charge >= 0.3 is 35.8 Å². The number of benzene rings is 6. The molecule has 2 atom stereocenters. The highest BCUT2D eigenvalue weighted by molar-refractivity contribution is 6.10. The van der Waals surface area contributed by atoms with Gasteiger partial charge in [-0.2, -0.15) is 0 Å². The predicted octanol–water partition coefficient (Wildman–Crippen LogP) is 9.73. The summed E-state index contributed by atoms with van der Waals surface area (Å²) in [4.78, 5) is 75.5. The number of hydrogen-bond acceptors (Lipinski definition) is 12. The van der Waals surface area contributed by atoms with Gasteiger partial charge in [-0.15, -0.1) is 0 Å².